The van der Waals surface area contributed by atoms with Gasteiger partial charge in [-0.25, -0.2) is 0 Å². The van der Waals surface area contributed by atoms with Crippen molar-refractivity contribution in [2.24, 2.45) is 0 Å². The fourth-order valence-corrected chi connectivity index (χ4v) is 2.53. The van der Waals surface area contributed by atoms with Crippen LogP contribution in [0.1, 0.15) is 11.4 Å². The average Bonchev–Trinajstić information content (AvgIpc) is 2.39. The van der Waals surface area contributed by atoms with Crippen LogP contribution in [-0.4, -0.2) is 63.5 Å². The van der Waals surface area contributed by atoms with E-state index in [9.17, 15) is 0 Å². The highest BCUT2D eigenvalue weighted by Crippen LogP contribution is 2.23. The molecule has 1 aromatic rings. The van der Waals surface area contributed by atoms with Gasteiger partial charge >= 0.3 is 0 Å². The SMILES string of the molecule is COC[C@H]1CN(c2ccc(C)nc2CN(C)C)CCO1. The molecule has 5 heteroatoms. The fraction of sp³-hybridized carbons (Fsp3) is 0.667. The number of anilines is 1. The van der Waals surface area contributed by atoms with E-state index in [1.807, 2.05) is 6.92 Å². The second kappa shape index (κ2) is 7.02. The van der Waals surface area contributed by atoms with Crippen molar-refractivity contribution in [1.29, 1.82) is 0 Å². The lowest BCUT2D eigenvalue weighted by Crippen LogP contribution is -2.45. The molecular weight excluding hydrogens is 254 g/mol. The number of ether oxygens (including phenoxy) is 2. The standard InChI is InChI=1S/C15H25N3O2/c1-12-5-6-15(14(16-12)10-17(2)3)18-7-8-20-13(9-18)11-19-4/h5-6,13H,7-11H2,1-4H3/t13-/m1/s1. The lowest BCUT2D eigenvalue weighted by atomic mass is 10.2. The van der Waals surface area contributed by atoms with Crippen molar-refractivity contribution in [2.75, 3.05) is 52.4 Å². The van der Waals surface area contributed by atoms with Gasteiger partial charge in [0.1, 0.15) is 0 Å². The first-order valence-electron chi connectivity index (χ1n) is 7.07. The Morgan fingerprint density at radius 3 is 2.95 bits per heavy atom. The minimum Gasteiger partial charge on any atom is -0.382 e. The molecule has 0 radical (unpaired) electrons. The molecule has 0 unspecified atom stereocenters. The molecule has 2 heterocycles. The second-order valence-corrected chi connectivity index (χ2v) is 5.55. The molecule has 0 bridgehead atoms. The molecule has 0 aliphatic carbocycles. The second-order valence-electron chi connectivity index (χ2n) is 5.55. The molecule has 1 fully saturated rings. The Kier molecular flexibility index (Phi) is 5.34. The summed E-state index contributed by atoms with van der Waals surface area (Å²) in [5.41, 5.74) is 3.41. The highest BCUT2D eigenvalue weighted by Gasteiger charge is 2.22. The maximum atomic E-state index is 5.72. The third kappa shape index (κ3) is 3.91. The summed E-state index contributed by atoms with van der Waals surface area (Å²) in [6.07, 6.45) is 0.141. The smallest absolute Gasteiger partial charge is 0.0983 e. The van der Waals surface area contributed by atoms with Gasteiger partial charge in [-0.15, -0.1) is 0 Å². The van der Waals surface area contributed by atoms with Crippen molar-refractivity contribution >= 4 is 5.69 Å². The van der Waals surface area contributed by atoms with Gasteiger partial charge in [-0.3, -0.25) is 4.98 Å². The first-order chi connectivity index (χ1) is 9.60. The van der Waals surface area contributed by atoms with Gasteiger partial charge in [0, 0.05) is 32.4 Å². The van der Waals surface area contributed by atoms with Crippen LogP contribution < -0.4 is 4.90 Å². The Hall–Kier alpha value is -1.17. The van der Waals surface area contributed by atoms with Crippen molar-refractivity contribution in [3.8, 4) is 0 Å². The molecule has 0 amide bonds. The first-order valence-corrected chi connectivity index (χ1v) is 7.07. The molecule has 0 N–H and O–H groups in total. The molecule has 1 aliphatic heterocycles. The van der Waals surface area contributed by atoms with E-state index < -0.39 is 0 Å². The van der Waals surface area contributed by atoms with Crippen LogP contribution in [-0.2, 0) is 16.0 Å². The van der Waals surface area contributed by atoms with Crippen LogP contribution in [0.15, 0.2) is 12.1 Å². The first kappa shape index (κ1) is 15.2. The maximum absolute atomic E-state index is 5.72. The number of rotatable bonds is 5. The summed E-state index contributed by atoms with van der Waals surface area (Å²) < 4.78 is 10.9. The summed E-state index contributed by atoms with van der Waals surface area (Å²) in [4.78, 5) is 9.21. The van der Waals surface area contributed by atoms with Gasteiger partial charge in [0.15, 0.2) is 0 Å². The van der Waals surface area contributed by atoms with Crippen LogP contribution in [0, 0.1) is 6.92 Å². The molecule has 1 saturated heterocycles. The van der Waals surface area contributed by atoms with E-state index in [1.54, 1.807) is 7.11 Å². The van der Waals surface area contributed by atoms with E-state index in [1.165, 1.54) is 5.69 Å². The largest absolute Gasteiger partial charge is 0.382 e. The minimum absolute atomic E-state index is 0.141. The molecule has 2 rings (SSSR count). The van der Waals surface area contributed by atoms with Crippen molar-refractivity contribution < 1.29 is 9.47 Å². The van der Waals surface area contributed by atoms with E-state index in [0.29, 0.717) is 6.61 Å². The summed E-state index contributed by atoms with van der Waals surface area (Å²) in [5, 5.41) is 0. The Morgan fingerprint density at radius 2 is 2.25 bits per heavy atom. The zero-order chi connectivity index (χ0) is 14.5. The molecule has 20 heavy (non-hydrogen) atoms. The van der Waals surface area contributed by atoms with E-state index in [0.717, 1.165) is 37.6 Å². The van der Waals surface area contributed by atoms with Crippen LogP contribution in [0.5, 0.6) is 0 Å². The van der Waals surface area contributed by atoms with Gasteiger partial charge in [0.05, 0.1) is 30.7 Å². The van der Waals surface area contributed by atoms with E-state index in [2.05, 4.69) is 36.0 Å². The van der Waals surface area contributed by atoms with Gasteiger partial charge in [-0.1, -0.05) is 0 Å². The van der Waals surface area contributed by atoms with Crippen molar-refractivity contribution in [1.82, 2.24) is 9.88 Å². The van der Waals surface area contributed by atoms with Gasteiger partial charge in [-0.05, 0) is 33.2 Å². The molecule has 112 valence electrons. The number of aryl methyl sites for hydroxylation is 1. The van der Waals surface area contributed by atoms with Gasteiger partial charge in [-0.2, -0.15) is 0 Å². The van der Waals surface area contributed by atoms with Crippen molar-refractivity contribution in [2.45, 2.75) is 19.6 Å². The van der Waals surface area contributed by atoms with Crippen molar-refractivity contribution in [3.63, 3.8) is 0 Å². The molecule has 1 atom stereocenters. The molecular formula is C15H25N3O2. The third-order valence-electron chi connectivity index (χ3n) is 3.39. The van der Waals surface area contributed by atoms with Gasteiger partial charge in [0.25, 0.3) is 0 Å². The number of pyridine rings is 1. The number of morpholine rings is 1. The van der Waals surface area contributed by atoms with Crippen molar-refractivity contribution in [3.05, 3.63) is 23.5 Å². The predicted molar refractivity (Wildman–Crippen MR) is 80.2 cm³/mol. The third-order valence-corrected chi connectivity index (χ3v) is 3.39. The molecule has 0 spiro atoms. The van der Waals surface area contributed by atoms with Crippen LogP contribution in [0.3, 0.4) is 0 Å². The normalized spacial score (nSPS) is 19.6. The highest BCUT2D eigenvalue weighted by molar-refractivity contribution is 5.51. The zero-order valence-corrected chi connectivity index (χ0v) is 12.9. The van der Waals surface area contributed by atoms with E-state index >= 15 is 0 Å². The van der Waals surface area contributed by atoms with Gasteiger partial charge in [0.2, 0.25) is 0 Å². The van der Waals surface area contributed by atoms with Crippen LogP contribution in [0.4, 0.5) is 5.69 Å². The highest BCUT2D eigenvalue weighted by atomic mass is 16.5. The van der Waals surface area contributed by atoms with Crippen LogP contribution in [0.2, 0.25) is 0 Å². The number of hydrogen-bond acceptors (Lipinski definition) is 5. The summed E-state index contributed by atoms with van der Waals surface area (Å²) in [6, 6.07) is 4.26. The number of hydrogen-bond donors (Lipinski definition) is 0. The zero-order valence-electron chi connectivity index (χ0n) is 12.9. The lowest BCUT2D eigenvalue weighted by molar-refractivity contribution is -0.0101. The molecule has 5 nitrogen and oxygen atoms in total. The Labute approximate surface area is 121 Å². The van der Waals surface area contributed by atoms with E-state index in [-0.39, 0.29) is 6.10 Å². The monoisotopic (exact) mass is 279 g/mol. The number of methoxy groups -OCH3 is 1. The Morgan fingerprint density at radius 1 is 1.45 bits per heavy atom. The summed E-state index contributed by atoms with van der Waals surface area (Å²) >= 11 is 0. The maximum Gasteiger partial charge on any atom is 0.0983 e. The van der Waals surface area contributed by atoms with Crippen LogP contribution in [0.25, 0.3) is 0 Å². The minimum atomic E-state index is 0.141. The molecule has 0 aromatic carbocycles. The number of nitrogens with zero attached hydrogens (tertiary/aromatic N) is 3. The molecule has 1 aromatic heterocycles. The van der Waals surface area contributed by atoms with E-state index in [4.69, 9.17) is 14.5 Å². The summed E-state index contributed by atoms with van der Waals surface area (Å²) in [7, 11) is 5.86. The Bertz CT molecular complexity index is 435. The van der Waals surface area contributed by atoms with Crippen LogP contribution >= 0.6 is 0 Å². The molecule has 1 aliphatic rings. The Balaban J connectivity index is 2.18. The predicted octanol–water partition coefficient (Wildman–Crippen LogP) is 1.30. The lowest BCUT2D eigenvalue weighted by Gasteiger charge is -2.35. The summed E-state index contributed by atoms with van der Waals surface area (Å²) in [6.45, 7) is 6.03. The topological polar surface area (TPSA) is 37.8 Å². The van der Waals surface area contributed by atoms with Gasteiger partial charge < -0.3 is 19.3 Å². The number of aromatic nitrogens is 1. The summed E-state index contributed by atoms with van der Waals surface area (Å²) in [5.74, 6) is 0. The quantitative estimate of drug-likeness (QED) is 0.812. The average molecular weight is 279 g/mol. The molecule has 0 saturated carbocycles. The fourth-order valence-electron chi connectivity index (χ4n) is 2.53.